The van der Waals surface area contributed by atoms with Crippen LogP contribution in [0.25, 0.3) is 5.65 Å². The molecule has 37 heavy (non-hydrogen) atoms. The number of amides is 2. The van der Waals surface area contributed by atoms with Crippen molar-refractivity contribution < 1.29 is 22.8 Å². The number of halogens is 3. The summed E-state index contributed by atoms with van der Waals surface area (Å²) in [6.07, 6.45) is 1.62. The number of carbonyl (C=O) groups excluding carboxylic acids is 2. The number of pyridine rings is 2. The zero-order valence-electron chi connectivity index (χ0n) is 19.6. The smallest absolute Gasteiger partial charge is 0.323 e. The normalized spacial score (nSPS) is 13.1. The first-order valence-corrected chi connectivity index (χ1v) is 11.4. The summed E-state index contributed by atoms with van der Waals surface area (Å²) in [5.41, 5.74) is 2.45. The number of aromatic nitrogens is 3. The first-order valence-electron chi connectivity index (χ1n) is 11.4. The summed E-state index contributed by atoms with van der Waals surface area (Å²) in [6.45, 7) is 1.83. The average Bonchev–Trinajstić information content (AvgIpc) is 3.64. The van der Waals surface area contributed by atoms with Gasteiger partial charge in [-0.3, -0.25) is 14.0 Å². The van der Waals surface area contributed by atoms with Gasteiger partial charge in [0.2, 0.25) is 5.91 Å². The minimum Gasteiger partial charge on any atom is -0.323 e. The number of fused-ring (bicyclic) bond motifs is 1. The van der Waals surface area contributed by atoms with E-state index >= 15 is 0 Å². The lowest BCUT2D eigenvalue weighted by atomic mass is 10.0. The third-order valence-electron chi connectivity index (χ3n) is 5.90. The van der Waals surface area contributed by atoms with E-state index < -0.39 is 17.6 Å². The summed E-state index contributed by atoms with van der Waals surface area (Å²) in [5.74, 6) is 5.32. The van der Waals surface area contributed by atoms with Crippen LogP contribution in [0.2, 0.25) is 0 Å². The van der Waals surface area contributed by atoms with Crippen LogP contribution in [0, 0.1) is 24.7 Å². The van der Waals surface area contributed by atoms with E-state index in [4.69, 9.17) is 0 Å². The van der Waals surface area contributed by atoms with Crippen LogP contribution in [-0.4, -0.2) is 26.2 Å². The summed E-state index contributed by atoms with van der Waals surface area (Å²) in [5, 5.41) is 5.31. The topological polar surface area (TPSA) is 88.4 Å². The van der Waals surface area contributed by atoms with Gasteiger partial charge >= 0.3 is 6.18 Å². The molecule has 0 spiro atoms. The third-order valence-corrected chi connectivity index (χ3v) is 5.90. The summed E-state index contributed by atoms with van der Waals surface area (Å²) in [7, 11) is 0. The van der Waals surface area contributed by atoms with Crippen LogP contribution < -0.4 is 10.6 Å². The minimum absolute atomic E-state index is 0.0187. The molecule has 1 saturated carbocycles. The van der Waals surface area contributed by atoms with Crippen LogP contribution in [-0.2, 0) is 11.0 Å². The first kappa shape index (κ1) is 24.1. The second-order valence-corrected chi connectivity index (χ2v) is 8.68. The summed E-state index contributed by atoms with van der Waals surface area (Å²) in [4.78, 5) is 33.1. The Morgan fingerprint density at radius 1 is 1.05 bits per heavy atom. The fourth-order valence-corrected chi connectivity index (χ4v) is 3.67. The van der Waals surface area contributed by atoms with E-state index in [1.54, 1.807) is 47.1 Å². The predicted molar refractivity (Wildman–Crippen MR) is 131 cm³/mol. The highest BCUT2D eigenvalue weighted by Crippen LogP contribution is 2.31. The number of nitrogens with one attached hydrogen (secondary N) is 2. The first-order chi connectivity index (χ1) is 17.7. The van der Waals surface area contributed by atoms with Gasteiger partial charge in [0.15, 0.2) is 5.65 Å². The molecule has 5 rings (SSSR count). The number of hydrogen-bond donors (Lipinski definition) is 2. The number of anilines is 2. The Bertz CT molecular complexity index is 1590. The van der Waals surface area contributed by atoms with Crippen LogP contribution in [0.4, 0.5) is 24.7 Å². The molecular weight excluding hydrogens is 483 g/mol. The van der Waals surface area contributed by atoms with Gasteiger partial charge in [-0.05, 0) is 67.6 Å². The van der Waals surface area contributed by atoms with Crippen molar-refractivity contribution in [2.24, 2.45) is 5.92 Å². The van der Waals surface area contributed by atoms with Crippen molar-refractivity contribution in [2.75, 3.05) is 10.6 Å². The number of aryl methyl sites for hydroxylation is 1. The molecule has 0 aliphatic heterocycles. The maximum absolute atomic E-state index is 13.0. The molecular formula is C27H20F3N5O2. The Morgan fingerprint density at radius 2 is 1.86 bits per heavy atom. The van der Waals surface area contributed by atoms with Crippen molar-refractivity contribution in [3.8, 4) is 11.8 Å². The molecule has 2 amide bonds. The van der Waals surface area contributed by atoms with Crippen molar-refractivity contribution >= 4 is 29.0 Å². The van der Waals surface area contributed by atoms with Crippen molar-refractivity contribution in [1.29, 1.82) is 0 Å². The molecule has 0 unspecified atom stereocenters. The average molecular weight is 503 g/mol. The minimum atomic E-state index is -4.55. The van der Waals surface area contributed by atoms with Gasteiger partial charge in [-0.1, -0.05) is 12.0 Å². The second kappa shape index (κ2) is 9.43. The molecule has 2 N–H and O–H groups in total. The molecule has 0 atom stereocenters. The third kappa shape index (κ3) is 5.30. The Balaban J connectivity index is 1.38. The van der Waals surface area contributed by atoms with Crippen molar-refractivity contribution in [1.82, 2.24) is 14.4 Å². The zero-order valence-corrected chi connectivity index (χ0v) is 19.6. The highest BCUT2D eigenvalue weighted by Gasteiger charge is 2.31. The van der Waals surface area contributed by atoms with Gasteiger partial charge in [0.05, 0.1) is 17.4 Å². The molecule has 3 aromatic heterocycles. The van der Waals surface area contributed by atoms with Gasteiger partial charge in [0.25, 0.3) is 5.91 Å². The molecule has 1 aliphatic carbocycles. The fraction of sp³-hybridized carbons (Fsp3) is 0.185. The Labute approximate surface area is 209 Å². The molecule has 3 heterocycles. The van der Waals surface area contributed by atoms with Gasteiger partial charge in [-0.25, -0.2) is 9.97 Å². The quantitative estimate of drug-likeness (QED) is 0.381. The fourth-order valence-electron chi connectivity index (χ4n) is 3.67. The van der Waals surface area contributed by atoms with Crippen molar-refractivity contribution in [3.63, 3.8) is 0 Å². The molecule has 186 valence electrons. The van der Waals surface area contributed by atoms with Gasteiger partial charge in [-0.2, -0.15) is 13.2 Å². The number of rotatable bonds is 4. The summed E-state index contributed by atoms with van der Waals surface area (Å²) < 4.78 is 40.6. The van der Waals surface area contributed by atoms with E-state index in [1.807, 2.05) is 6.92 Å². The number of nitrogens with zero attached hydrogens (tertiary/aromatic N) is 3. The highest BCUT2D eigenvalue weighted by molar-refractivity contribution is 6.04. The van der Waals surface area contributed by atoms with E-state index in [0.29, 0.717) is 22.6 Å². The van der Waals surface area contributed by atoms with E-state index in [9.17, 15) is 22.8 Å². The second-order valence-electron chi connectivity index (χ2n) is 8.68. The van der Waals surface area contributed by atoms with E-state index in [2.05, 4.69) is 32.4 Å². The Morgan fingerprint density at radius 3 is 2.62 bits per heavy atom. The molecule has 0 radical (unpaired) electrons. The zero-order chi connectivity index (χ0) is 26.2. The lowest BCUT2D eigenvalue weighted by molar-refractivity contribution is -0.137. The number of carbonyl (C=O) groups is 2. The number of hydrogen-bond acceptors (Lipinski definition) is 4. The van der Waals surface area contributed by atoms with Crippen LogP contribution in [0.5, 0.6) is 0 Å². The largest absolute Gasteiger partial charge is 0.416 e. The number of alkyl halides is 3. The van der Waals surface area contributed by atoms with E-state index in [-0.39, 0.29) is 23.2 Å². The summed E-state index contributed by atoms with van der Waals surface area (Å²) in [6, 6.07) is 10.0. The molecule has 10 heteroatoms. The Kier molecular flexibility index (Phi) is 6.13. The molecule has 7 nitrogen and oxygen atoms in total. The van der Waals surface area contributed by atoms with Gasteiger partial charge < -0.3 is 10.6 Å². The highest BCUT2D eigenvalue weighted by atomic mass is 19.4. The van der Waals surface area contributed by atoms with Gasteiger partial charge in [0.1, 0.15) is 11.5 Å². The molecule has 1 fully saturated rings. The van der Waals surface area contributed by atoms with Crippen molar-refractivity contribution in [2.45, 2.75) is 25.9 Å². The van der Waals surface area contributed by atoms with Gasteiger partial charge in [-0.15, -0.1) is 0 Å². The molecule has 1 aliphatic rings. The van der Waals surface area contributed by atoms with Crippen molar-refractivity contribution in [3.05, 3.63) is 89.0 Å². The van der Waals surface area contributed by atoms with E-state index in [0.717, 1.165) is 36.7 Å². The maximum Gasteiger partial charge on any atom is 0.416 e. The lowest BCUT2D eigenvalue weighted by Gasteiger charge is -2.09. The lowest BCUT2D eigenvalue weighted by Crippen LogP contribution is -2.14. The standard InChI is InChI=1S/C27H20F3N5O2/c1-16-4-5-19(26(37)34-23-14-20(10-11-31-23)27(28,29)30)13-18(16)8-9-21-15-32-24-22(3-2-12-35(21)24)33-25(36)17-6-7-17/h2-5,10-15,17H,6-7H2,1H3,(H,33,36)(H,31,34,37). The molecule has 0 bridgehead atoms. The molecule has 0 saturated heterocycles. The van der Waals surface area contributed by atoms with Crippen LogP contribution in [0.3, 0.4) is 0 Å². The monoisotopic (exact) mass is 503 g/mol. The molecule has 1 aromatic carbocycles. The summed E-state index contributed by atoms with van der Waals surface area (Å²) >= 11 is 0. The number of imidazole rings is 1. The van der Waals surface area contributed by atoms with Crippen LogP contribution >= 0.6 is 0 Å². The SMILES string of the molecule is Cc1ccc(C(=O)Nc2cc(C(F)(F)F)ccn2)cc1C#Cc1cnc2c(NC(=O)C3CC3)cccn12. The predicted octanol–water partition coefficient (Wildman–Crippen LogP) is 5.06. The van der Waals surface area contributed by atoms with Gasteiger partial charge in [0, 0.05) is 29.4 Å². The van der Waals surface area contributed by atoms with Crippen LogP contribution in [0.15, 0.2) is 61.1 Å². The Hall–Kier alpha value is -4.65. The maximum atomic E-state index is 13.0. The number of benzene rings is 1. The van der Waals surface area contributed by atoms with E-state index in [1.165, 1.54) is 0 Å². The molecule has 4 aromatic rings. The van der Waals surface area contributed by atoms with Crippen LogP contribution in [0.1, 0.15) is 45.6 Å².